The quantitative estimate of drug-likeness (QED) is 0.536. The minimum Gasteiger partial charge on any atom is -0.439 e. The maximum Gasteiger partial charge on any atom is 0.225 e. The van der Waals surface area contributed by atoms with Crippen LogP contribution >= 0.6 is 11.6 Å². The van der Waals surface area contributed by atoms with Crippen molar-refractivity contribution < 1.29 is 4.74 Å². The molecule has 100 valence electrons. The summed E-state index contributed by atoms with van der Waals surface area (Å²) < 4.78 is 7.79. The molecule has 0 bridgehead atoms. The van der Waals surface area contributed by atoms with Crippen molar-refractivity contribution in [3.63, 3.8) is 0 Å². The zero-order chi connectivity index (χ0) is 13.9. The highest BCUT2D eigenvalue weighted by Crippen LogP contribution is 2.25. The zero-order valence-corrected chi connectivity index (χ0v) is 11.4. The Morgan fingerprint density at radius 2 is 2.20 bits per heavy atom. The molecule has 0 aliphatic carbocycles. The minimum atomic E-state index is 0.167. The van der Waals surface area contributed by atoms with Crippen LogP contribution in [0.2, 0.25) is 5.28 Å². The first kappa shape index (κ1) is 12.7. The normalized spacial score (nSPS) is 10.7. The van der Waals surface area contributed by atoms with Crippen molar-refractivity contribution in [1.29, 1.82) is 0 Å². The first-order valence-corrected chi connectivity index (χ1v) is 6.50. The van der Waals surface area contributed by atoms with Gasteiger partial charge in [-0.25, -0.2) is 4.98 Å². The van der Waals surface area contributed by atoms with Crippen LogP contribution in [0.25, 0.3) is 10.9 Å². The number of allylic oxidation sites excluding steroid dienone is 1. The van der Waals surface area contributed by atoms with E-state index in [1.54, 1.807) is 12.3 Å². The number of fused-ring (bicyclic) bond motifs is 1. The molecule has 20 heavy (non-hydrogen) atoms. The summed E-state index contributed by atoms with van der Waals surface area (Å²) in [7, 11) is 0. The second-order valence-electron chi connectivity index (χ2n) is 4.24. The van der Waals surface area contributed by atoms with Crippen molar-refractivity contribution in [2.75, 3.05) is 0 Å². The van der Waals surface area contributed by atoms with Crippen molar-refractivity contribution in [3.05, 3.63) is 60.7 Å². The third-order valence-corrected chi connectivity index (χ3v) is 3.07. The molecule has 0 fully saturated rings. The molecule has 0 atom stereocenters. The summed E-state index contributed by atoms with van der Waals surface area (Å²) in [6, 6.07) is 9.58. The van der Waals surface area contributed by atoms with Crippen molar-refractivity contribution in [3.8, 4) is 11.6 Å². The van der Waals surface area contributed by atoms with E-state index in [2.05, 4.69) is 21.1 Å². The van der Waals surface area contributed by atoms with E-state index in [9.17, 15) is 0 Å². The van der Waals surface area contributed by atoms with E-state index in [1.807, 2.05) is 36.5 Å². The second kappa shape index (κ2) is 5.35. The van der Waals surface area contributed by atoms with E-state index in [0.717, 1.165) is 17.4 Å². The van der Waals surface area contributed by atoms with Gasteiger partial charge in [-0.1, -0.05) is 6.08 Å². The molecule has 0 spiro atoms. The van der Waals surface area contributed by atoms with Gasteiger partial charge in [-0.05, 0) is 35.9 Å². The predicted octanol–water partition coefficient (Wildman–Crippen LogP) is 4.06. The van der Waals surface area contributed by atoms with E-state index in [0.29, 0.717) is 11.6 Å². The summed E-state index contributed by atoms with van der Waals surface area (Å²) in [5, 5.41) is 1.27. The standard InChI is InChI=1S/C15H12ClN3O/c1-2-8-19-9-6-11-10-12(3-4-13(11)19)20-14-5-7-17-15(16)18-14/h2-7,9-10H,1,8H2. The van der Waals surface area contributed by atoms with Crippen molar-refractivity contribution in [1.82, 2.24) is 14.5 Å². The van der Waals surface area contributed by atoms with Crippen molar-refractivity contribution in [2.45, 2.75) is 6.54 Å². The highest BCUT2D eigenvalue weighted by molar-refractivity contribution is 6.28. The van der Waals surface area contributed by atoms with Crippen LogP contribution in [0, 0.1) is 0 Å². The molecule has 0 N–H and O–H groups in total. The molecule has 2 aromatic heterocycles. The van der Waals surface area contributed by atoms with Gasteiger partial charge < -0.3 is 9.30 Å². The molecule has 0 saturated carbocycles. The Bertz CT molecular complexity index is 767. The van der Waals surface area contributed by atoms with Gasteiger partial charge in [-0.15, -0.1) is 6.58 Å². The first-order chi connectivity index (χ1) is 9.76. The second-order valence-corrected chi connectivity index (χ2v) is 4.58. The van der Waals surface area contributed by atoms with Crippen LogP contribution in [0.5, 0.6) is 11.6 Å². The van der Waals surface area contributed by atoms with Gasteiger partial charge in [0, 0.05) is 35.9 Å². The lowest BCUT2D eigenvalue weighted by molar-refractivity contribution is 0.462. The van der Waals surface area contributed by atoms with E-state index in [1.165, 1.54) is 0 Å². The highest BCUT2D eigenvalue weighted by Gasteiger charge is 2.04. The zero-order valence-electron chi connectivity index (χ0n) is 10.7. The molecule has 0 aliphatic rings. The van der Waals surface area contributed by atoms with Gasteiger partial charge in [-0.2, -0.15) is 4.98 Å². The summed E-state index contributed by atoms with van der Waals surface area (Å²) >= 11 is 5.73. The smallest absolute Gasteiger partial charge is 0.225 e. The molecule has 0 amide bonds. The minimum absolute atomic E-state index is 0.167. The average Bonchev–Trinajstić information content (AvgIpc) is 2.82. The van der Waals surface area contributed by atoms with Gasteiger partial charge >= 0.3 is 0 Å². The van der Waals surface area contributed by atoms with E-state index in [4.69, 9.17) is 16.3 Å². The van der Waals surface area contributed by atoms with Gasteiger partial charge in [0.15, 0.2) is 0 Å². The largest absolute Gasteiger partial charge is 0.439 e. The topological polar surface area (TPSA) is 39.9 Å². The molecule has 0 unspecified atom stereocenters. The van der Waals surface area contributed by atoms with Gasteiger partial charge in [0.05, 0.1) is 0 Å². The van der Waals surface area contributed by atoms with E-state index < -0.39 is 0 Å². The molecule has 3 rings (SSSR count). The van der Waals surface area contributed by atoms with Crippen molar-refractivity contribution >= 4 is 22.5 Å². The average molecular weight is 286 g/mol. The lowest BCUT2D eigenvalue weighted by Crippen LogP contribution is -1.92. The van der Waals surface area contributed by atoms with Crippen LogP contribution in [-0.2, 0) is 6.54 Å². The number of halogens is 1. The van der Waals surface area contributed by atoms with Crippen LogP contribution < -0.4 is 4.74 Å². The maximum absolute atomic E-state index is 5.73. The summed E-state index contributed by atoms with van der Waals surface area (Å²) in [4.78, 5) is 7.81. The number of rotatable bonds is 4. The van der Waals surface area contributed by atoms with Crippen LogP contribution in [0.3, 0.4) is 0 Å². The van der Waals surface area contributed by atoms with Gasteiger partial charge in [0.1, 0.15) is 5.75 Å². The summed E-state index contributed by atoms with van der Waals surface area (Å²) in [6.45, 7) is 4.53. The van der Waals surface area contributed by atoms with E-state index in [-0.39, 0.29) is 5.28 Å². The Labute approximate surface area is 121 Å². The number of ether oxygens (including phenoxy) is 1. The molecule has 1 aromatic carbocycles. The maximum atomic E-state index is 5.73. The fraction of sp³-hybridized carbons (Fsp3) is 0.0667. The fourth-order valence-electron chi connectivity index (χ4n) is 2.04. The van der Waals surface area contributed by atoms with Crippen LogP contribution in [0.15, 0.2) is 55.4 Å². The number of hydrogen-bond donors (Lipinski definition) is 0. The van der Waals surface area contributed by atoms with Gasteiger partial charge in [0.25, 0.3) is 0 Å². The Hall–Kier alpha value is -2.33. The third-order valence-electron chi connectivity index (χ3n) is 2.89. The van der Waals surface area contributed by atoms with E-state index >= 15 is 0 Å². The number of benzene rings is 1. The lowest BCUT2D eigenvalue weighted by atomic mass is 10.2. The Morgan fingerprint density at radius 3 is 3.00 bits per heavy atom. The summed E-state index contributed by atoms with van der Waals surface area (Å²) in [5.74, 6) is 1.14. The van der Waals surface area contributed by atoms with Gasteiger partial charge in [-0.3, -0.25) is 0 Å². The molecule has 3 aromatic rings. The molecule has 0 saturated heterocycles. The molecular formula is C15H12ClN3O. The molecule has 4 nitrogen and oxygen atoms in total. The highest BCUT2D eigenvalue weighted by atomic mass is 35.5. The number of hydrogen-bond acceptors (Lipinski definition) is 3. The molecular weight excluding hydrogens is 274 g/mol. The lowest BCUT2D eigenvalue weighted by Gasteiger charge is -2.06. The summed E-state index contributed by atoms with van der Waals surface area (Å²) in [5.41, 5.74) is 1.14. The fourth-order valence-corrected chi connectivity index (χ4v) is 2.18. The Balaban J connectivity index is 1.91. The van der Waals surface area contributed by atoms with Gasteiger partial charge in [0.2, 0.25) is 11.2 Å². The number of nitrogens with zero attached hydrogens (tertiary/aromatic N) is 3. The monoisotopic (exact) mass is 285 g/mol. The third kappa shape index (κ3) is 2.51. The number of aromatic nitrogens is 3. The molecule has 2 heterocycles. The Kier molecular flexibility index (Phi) is 3.39. The van der Waals surface area contributed by atoms with Crippen LogP contribution in [0.4, 0.5) is 0 Å². The first-order valence-electron chi connectivity index (χ1n) is 6.12. The molecule has 0 aliphatic heterocycles. The predicted molar refractivity (Wildman–Crippen MR) is 79.3 cm³/mol. The summed E-state index contributed by atoms with van der Waals surface area (Å²) in [6.07, 6.45) is 5.45. The Morgan fingerprint density at radius 1 is 1.30 bits per heavy atom. The van der Waals surface area contributed by atoms with Crippen LogP contribution in [-0.4, -0.2) is 14.5 Å². The van der Waals surface area contributed by atoms with Crippen molar-refractivity contribution in [2.24, 2.45) is 0 Å². The molecule has 5 heteroatoms. The molecule has 0 radical (unpaired) electrons. The van der Waals surface area contributed by atoms with Crippen LogP contribution in [0.1, 0.15) is 0 Å². The SMILES string of the molecule is C=CCn1ccc2cc(Oc3ccnc(Cl)n3)ccc21.